The Bertz CT molecular complexity index is 376. The second-order valence-corrected chi connectivity index (χ2v) is 6.23. The number of hydrogen-bond donors (Lipinski definition) is 0. The summed E-state index contributed by atoms with van der Waals surface area (Å²) in [6, 6.07) is 0. The van der Waals surface area contributed by atoms with Crippen molar-refractivity contribution in [3.8, 4) is 0 Å². The van der Waals surface area contributed by atoms with Crippen molar-refractivity contribution >= 4 is 5.97 Å². The summed E-state index contributed by atoms with van der Waals surface area (Å²) in [5.74, 6) is 1.69. The van der Waals surface area contributed by atoms with Crippen LogP contribution in [0.25, 0.3) is 0 Å². The second kappa shape index (κ2) is 4.37. The smallest absolute Gasteiger partial charge is 0.336 e. The average Bonchev–Trinajstić information content (AvgIpc) is 2.49. The third kappa shape index (κ3) is 1.80. The first-order valence-electron chi connectivity index (χ1n) is 7.13. The number of carbonyl (C=O) groups is 1. The molecule has 3 aliphatic rings. The molecule has 0 N–H and O–H groups in total. The van der Waals surface area contributed by atoms with E-state index in [4.69, 9.17) is 9.47 Å². The summed E-state index contributed by atoms with van der Waals surface area (Å²) in [4.78, 5) is 11.8. The minimum Gasteiger partial charge on any atom is -0.432 e. The molecule has 0 bridgehead atoms. The molecule has 0 aromatic carbocycles. The van der Waals surface area contributed by atoms with E-state index in [0.29, 0.717) is 23.3 Å². The molecule has 18 heavy (non-hydrogen) atoms. The highest BCUT2D eigenvalue weighted by Crippen LogP contribution is 2.50. The second-order valence-electron chi connectivity index (χ2n) is 6.23. The van der Waals surface area contributed by atoms with Crippen molar-refractivity contribution in [2.24, 2.45) is 23.7 Å². The molecule has 0 amide bonds. The van der Waals surface area contributed by atoms with Gasteiger partial charge < -0.3 is 9.47 Å². The van der Waals surface area contributed by atoms with Gasteiger partial charge in [0.25, 0.3) is 0 Å². The van der Waals surface area contributed by atoms with Crippen molar-refractivity contribution in [2.75, 3.05) is 0 Å². The maximum Gasteiger partial charge on any atom is 0.336 e. The molecule has 6 atom stereocenters. The van der Waals surface area contributed by atoms with Gasteiger partial charge in [-0.3, -0.25) is 0 Å². The third-order valence-corrected chi connectivity index (χ3v) is 5.14. The van der Waals surface area contributed by atoms with Crippen molar-refractivity contribution < 1.29 is 14.3 Å². The Morgan fingerprint density at radius 2 is 1.94 bits per heavy atom. The minimum absolute atomic E-state index is 0.188. The number of hydrogen-bond acceptors (Lipinski definition) is 3. The summed E-state index contributed by atoms with van der Waals surface area (Å²) >= 11 is 0. The molecule has 3 fully saturated rings. The fourth-order valence-corrected chi connectivity index (χ4v) is 4.06. The highest BCUT2D eigenvalue weighted by Gasteiger charge is 2.51. The maximum absolute atomic E-state index is 11.8. The fourth-order valence-electron chi connectivity index (χ4n) is 4.06. The van der Waals surface area contributed by atoms with E-state index in [2.05, 4.69) is 20.4 Å². The number of esters is 1. The van der Waals surface area contributed by atoms with E-state index in [1.165, 1.54) is 12.8 Å². The fraction of sp³-hybridized carbons (Fsp3) is 0.800. The quantitative estimate of drug-likeness (QED) is 0.490. The van der Waals surface area contributed by atoms with Gasteiger partial charge in [-0.25, -0.2) is 4.79 Å². The van der Waals surface area contributed by atoms with E-state index in [1.807, 2.05) is 0 Å². The minimum atomic E-state index is -0.335. The van der Waals surface area contributed by atoms with Gasteiger partial charge in [0.15, 0.2) is 0 Å². The van der Waals surface area contributed by atoms with Gasteiger partial charge in [0, 0.05) is 11.5 Å². The molecule has 3 heteroatoms. The van der Waals surface area contributed by atoms with Crippen molar-refractivity contribution in [1.29, 1.82) is 0 Å². The van der Waals surface area contributed by atoms with Crippen LogP contribution in [-0.4, -0.2) is 18.4 Å². The Kier molecular flexibility index (Phi) is 2.97. The molecule has 0 aromatic rings. The normalized spacial score (nSPS) is 48.1. The lowest BCUT2D eigenvalue weighted by atomic mass is 9.63. The van der Waals surface area contributed by atoms with Crippen LogP contribution < -0.4 is 0 Å². The monoisotopic (exact) mass is 250 g/mol. The molecule has 2 saturated heterocycles. The van der Waals surface area contributed by atoms with Gasteiger partial charge in [-0.05, 0) is 50.4 Å². The Morgan fingerprint density at radius 1 is 1.17 bits per heavy atom. The van der Waals surface area contributed by atoms with Crippen molar-refractivity contribution in [3.63, 3.8) is 0 Å². The van der Waals surface area contributed by atoms with Gasteiger partial charge in [0.2, 0.25) is 6.29 Å². The number of rotatable bonds is 0. The summed E-state index contributed by atoms with van der Waals surface area (Å²) in [5.41, 5.74) is 0.673. The van der Waals surface area contributed by atoms with Crippen LogP contribution in [0.2, 0.25) is 0 Å². The molecule has 0 radical (unpaired) electrons. The molecule has 3 nitrogen and oxygen atoms in total. The lowest BCUT2D eigenvalue weighted by Gasteiger charge is -2.46. The standard InChI is InChI=1S/C15H22O3/c1-8-4-6-12-10(3)14(16)18-15-13(12)11(8)7-5-9(2)17-15/h8-9,11-13,15H,3-7H2,1-2H3/t8-,9?,11?,12?,13?,15?/m1/s1. The zero-order valence-electron chi connectivity index (χ0n) is 11.2. The zero-order chi connectivity index (χ0) is 12.9. The molecule has 1 aliphatic carbocycles. The summed E-state index contributed by atoms with van der Waals surface area (Å²) in [6.45, 7) is 8.36. The van der Waals surface area contributed by atoms with Gasteiger partial charge in [-0.2, -0.15) is 0 Å². The highest BCUT2D eigenvalue weighted by atomic mass is 16.7. The van der Waals surface area contributed by atoms with E-state index < -0.39 is 0 Å². The van der Waals surface area contributed by atoms with Crippen molar-refractivity contribution in [3.05, 3.63) is 12.2 Å². The number of ether oxygens (including phenoxy) is 2. The largest absolute Gasteiger partial charge is 0.432 e. The summed E-state index contributed by atoms with van der Waals surface area (Å²) in [6.07, 6.45) is 4.36. The van der Waals surface area contributed by atoms with E-state index in [1.54, 1.807) is 0 Å². The van der Waals surface area contributed by atoms with Gasteiger partial charge in [-0.15, -0.1) is 0 Å². The highest BCUT2D eigenvalue weighted by molar-refractivity contribution is 5.89. The first-order chi connectivity index (χ1) is 8.58. The summed E-state index contributed by atoms with van der Waals surface area (Å²) in [5, 5.41) is 0. The topological polar surface area (TPSA) is 35.5 Å². The lowest BCUT2D eigenvalue weighted by Crippen LogP contribution is -2.48. The van der Waals surface area contributed by atoms with Gasteiger partial charge in [0.1, 0.15) is 0 Å². The molecule has 5 unspecified atom stereocenters. The molecule has 1 saturated carbocycles. The average molecular weight is 250 g/mol. The van der Waals surface area contributed by atoms with Crippen LogP contribution >= 0.6 is 0 Å². The first kappa shape index (κ1) is 12.2. The van der Waals surface area contributed by atoms with E-state index in [0.717, 1.165) is 12.8 Å². The molecule has 0 aromatic heterocycles. The van der Waals surface area contributed by atoms with Crippen LogP contribution in [-0.2, 0) is 14.3 Å². The van der Waals surface area contributed by atoms with Crippen molar-refractivity contribution in [2.45, 2.75) is 51.9 Å². The number of carbonyl (C=O) groups excluding carboxylic acids is 1. The predicted molar refractivity (Wildman–Crippen MR) is 67.7 cm³/mol. The molecule has 3 rings (SSSR count). The van der Waals surface area contributed by atoms with Gasteiger partial charge in [0.05, 0.1) is 6.10 Å². The summed E-state index contributed by atoms with van der Waals surface area (Å²) < 4.78 is 11.4. The maximum atomic E-state index is 11.8. The van der Waals surface area contributed by atoms with Gasteiger partial charge in [-0.1, -0.05) is 13.5 Å². The molecular weight excluding hydrogens is 228 g/mol. The zero-order valence-corrected chi connectivity index (χ0v) is 11.2. The van der Waals surface area contributed by atoms with Crippen LogP contribution in [0.4, 0.5) is 0 Å². The van der Waals surface area contributed by atoms with Crippen LogP contribution in [0.15, 0.2) is 12.2 Å². The lowest BCUT2D eigenvalue weighted by molar-refractivity contribution is -0.220. The Balaban J connectivity index is 1.95. The Hall–Kier alpha value is -0.830. The van der Waals surface area contributed by atoms with E-state index >= 15 is 0 Å². The van der Waals surface area contributed by atoms with Crippen LogP contribution in [0.1, 0.15) is 39.5 Å². The molecule has 0 spiro atoms. The molecule has 2 aliphatic heterocycles. The van der Waals surface area contributed by atoms with Crippen LogP contribution in [0.3, 0.4) is 0 Å². The Labute approximate surface area is 109 Å². The Morgan fingerprint density at radius 3 is 2.72 bits per heavy atom. The van der Waals surface area contributed by atoms with E-state index in [-0.39, 0.29) is 24.3 Å². The summed E-state index contributed by atoms with van der Waals surface area (Å²) in [7, 11) is 0. The first-order valence-corrected chi connectivity index (χ1v) is 7.13. The van der Waals surface area contributed by atoms with Crippen LogP contribution in [0.5, 0.6) is 0 Å². The van der Waals surface area contributed by atoms with Crippen molar-refractivity contribution in [1.82, 2.24) is 0 Å². The van der Waals surface area contributed by atoms with Crippen LogP contribution in [0, 0.1) is 23.7 Å². The SMILES string of the molecule is C=C1C(=O)OC2OC(C)CCC3C2C1CC[C@H]3C. The molecule has 100 valence electrons. The third-order valence-electron chi connectivity index (χ3n) is 5.14. The van der Waals surface area contributed by atoms with Gasteiger partial charge >= 0.3 is 5.97 Å². The molecular formula is C15H22O3. The predicted octanol–water partition coefficient (Wildman–Crippen LogP) is 2.90. The van der Waals surface area contributed by atoms with E-state index in [9.17, 15) is 4.79 Å². The molecule has 2 heterocycles.